The molecule has 0 fully saturated rings. The van der Waals surface area contributed by atoms with E-state index in [0.717, 1.165) is 0 Å². The fourth-order valence-electron chi connectivity index (χ4n) is 3.17. The van der Waals surface area contributed by atoms with Crippen molar-refractivity contribution < 1.29 is 0 Å². The Bertz CT molecular complexity index is 706. The Morgan fingerprint density at radius 3 is 0.875 bits per heavy atom. The van der Waals surface area contributed by atoms with Crippen LogP contribution in [0.5, 0.6) is 0 Å². The summed E-state index contributed by atoms with van der Waals surface area (Å²) in [6.45, 7) is 8.83. The maximum atomic E-state index is 2.28. The lowest BCUT2D eigenvalue weighted by atomic mass is 9.88. The first-order valence-corrected chi connectivity index (χ1v) is 8.77. The second kappa shape index (κ2) is 7.05. The van der Waals surface area contributed by atoms with Crippen LogP contribution >= 0.6 is 0 Å². The van der Waals surface area contributed by atoms with E-state index in [9.17, 15) is 0 Å². The summed E-state index contributed by atoms with van der Waals surface area (Å²) >= 11 is 0. The molecule has 2 unspecified atom stereocenters. The zero-order chi connectivity index (χ0) is 17.1. The lowest BCUT2D eigenvalue weighted by Crippen LogP contribution is -1.99. The van der Waals surface area contributed by atoms with Crippen molar-refractivity contribution in [3.8, 4) is 0 Å². The Morgan fingerprint density at radius 2 is 0.625 bits per heavy atom. The maximum absolute atomic E-state index is 2.28. The third kappa shape index (κ3) is 3.59. The molecule has 24 heavy (non-hydrogen) atoms. The highest BCUT2D eigenvalue weighted by atomic mass is 14.2. The van der Waals surface area contributed by atoms with Gasteiger partial charge in [0.15, 0.2) is 0 Å². The molecule has 0 aliphatic rings. The zero-order valence-electron chi connectivity index (χ0n) is 15.1. The summed E-state index contributed by atoms with van der Waals surface area (Å²) in [5, 5.41) is 0. The van der Waals surface area contributed by atoms with Crippen molar-refractivity contribution >= 4 is 0 Å². The van der Waals surface area contributed by atoms with Crippen molar-refractivity contribution in [2.24, 2.45) is 0 Å². The predicted octanol–water partition coefficient (Wildman–Crippen LogP) is 6.61. The van der Waals surface area contributed by atoms with E-state index in [-0.39, 0.29) is 0 Å². The SMILES string of the molecule is Cc1ccc(C(C)c2ccc(C(C)c3ccc(C)cc3)cc2)cc1. The molecule has 0 aromatic heterocycles. The standard InChI is InChI=1S/C24H26/c1-17-5-9-21(10-6-17)19(3)23-13-15-24(16-14-23)20(4)22-11-7-18(2)8-12-22/h5-16,19-20H,1-4H3. The number of aryl methyl sites for hydroxylation is 2. The van der Waals surface area contributed by atoms with E-state index in [1.54, 1.807) is 0 Å². The lowest BCUT2D eigenvalue weighted by Gasteiger charge is -2.16. The van der Waals surface area contributed by atoms with E-state index >= 15 is 0 Å². The van der Waals surface area contributed by atoms with Crippen LogP contribution in [0.2, 0.25) is 0 Å². The van der Waals surface area contributed by atoms with Crippen LogP contribution in [0.15, 0.2) is 72.8 Å². The van der Waals surface area contributed by atoms with Gasteiger partial charge in [0.2, 0.25) is 0 Å². The third-order valence-corrected chi connectivity index (χ3v) is 5.09. The van der Waals surface area contributed by atoms with Crippen LogP contribution in [0.4, 0.5) is 0 Å². The Labute approximate surface area is 146 Å². The Hall–Kier alpha value is -2.34. The van der Waals surface area contributed by atoms with E-state index in [4.69, 9.17) is 0 Å². The summed E-state index contributed by atoms with van der Waals surface area (Å²) in [7, 11) is 0. The largest absolute Gasteiger partial charge is 0.0590 e. The minimum Gasteiger partial charge on any atom is -0.0590 e. The molecule has 0 N–H and O–H groups in total. The summed E-state index contributed by atoms with van der Waals surface area (Å²) in [5.74, 6) is 0.851. The first-order chi connectivity index (χ1) is 11.5. The second-order valence-corrected chi connectivity index (χ2v) is 6.93. The quantitative estimate of drug-likeness (QED) is 0.508. The second-order valence-electron chi connectivity index (χ2n) is 6.93. The van der Waals surface area contributed by atoms with Gasteiger partial charge >= 0.3 is 0 Å². The Morgan fingerprint density at radius 1 is 0.417 bits per heavy atom. The van der Waals surface area contributed by atoms with Gasteiger partial charge in [-0.1, -0.05) is 97.8 Å². The molecule has 3 aromatic rings. The van der Waals surface area contributed by atoms with Gasteiger partial charge in [0, 0.05) is 11.8 Å². The van der Waals surface area contributed by atoms with E-state index in [0.29, 0.717) is 11.8 Å². The number of hydrogen-bond acceptors (Lipinski definition) is 0. The average molecular weight is 314 g/mol. The van der Waals surface area contributed by atoms with Crippen molar-refractivity contribution in [1.29, 1.82) is 0 Å². The molecule has 0 aliphatic heterocycles. The smallest absolute Gasteiger partial charge is 0.00610 e. The number of hydrogen-bond donors (Lipinski definition) is 0. The molecule has 0 aliphatic carbocycles. The van der Waals surface area contributed by atoms with Gasteiger partial charge in [-0.15, -0.1) is 0 Å². The first kappa shape index (κ1) is 16.5. The minimum atomic E-state index is 0.425. The Kier molecular flexibility index (Phi) is 4.85. The molecule has 122 valence electrons. The molecule has 0 saturated carbocycles. The average Bonchev–Trinajstić information content (AvgIpc) is 2.62. The minimum absolute atomic E-state index is 0.425. The molecule has 3 rings (SSSR count). The van der Waals surface area contributed by atoms with Gasteiger partial charge in [0.1, 0.15) is 0 Å². The Balaban J connectivity index is 1.79. The number of rotatable bonds is 4. The van der Waals surface area contributed by atoms with Gasteiger partial charge in [0.25, 0.3) is 0 Å². The molecule has 0 bridgehead atoms. The van der Waals surface area contributed by atoms with Gasteiger partial charge in [-0.3, -0.25) is 0 Å². The summed E-state index contributed by atoms with van der Waals surface area (Å²) in [6, 6.07) is 26.9. The van der Waals surface area contributed by atoms with Gasteiger partial charge in [-0.2, -0.15) is 0 Å². The number of benzene rings is 3. The molecular formula is C24H26. The zero-order valence-corrected chi connectivity index (χ0v) is 15.1. The van der Waals surface area contributed by atoms with Crippen LogP contribution in [0.25, 0.3) is 0 Å². The summed E-state index contributed by atoms with van der Waals surface area (Å²) in [5.41, 5.74) is 8.12. The fourth-order valence-corrected chi connectivity index (χ4v) is 3.17. The molecule has 0 spiro atoms. The molecule has 0 heteroatoms. The van der Waals surface area contributed by atoms with Crippen LogP contribution in [-0.2, 0) is 0 Å². The lowest BCUT2D eigenvalue weighted by molar-refractivity contribution is 0.897. The van der Waals surface area contributed by atoms with Crippen LogP contribution < -0.4 is 0 Å². The van der Waals surface area contributed by atoms with Gasteiger partial charge in [-0.05, 0) is 36.1 Å². The highest BCUT2D eigenvalue weighted by molar-refractivity contribution is 5.38. The van der Waals surface area contributed by atoms with Crippen LogP contribution in [0.1, 0.15) is 59.1 Å². The first-order valence-electron chi connectivity index (χ1n) is 8.77. The van der Waals surface area contributed by atoms with Crippen molar-refractivity contribution in [3.63, 3.8) is 0 Å². The molecule has 0 amide bonds. The molecular weight excluding hydrogens is 288 g/mol. The monoisotopic (exact) mass is 314 g/mol. The van der Waals surface area contributed by atoms with Gasteiger partial charge in [-0.25, -0.2) is 0 Å². The highest BCUT2D eigenvalue weighted by Crippen LogP contribution is 2.28. The predicted molar refractivity (Wildman–Crippen MR) is 104 cm³/mol. The maximum Gasteiger partial charge on any atom is 0.00610 e. The van der Waals surface area contributed by atoms with E-state index in [2.05, 4.69) is 100 Å². The molecule has 3 aromatic carbocycles. The molecule has 0 heterocycles. The molecule has 0 radical (unpaired) electrons. The van der Waals surface area contributed by atoms with Crippen molar-refractivity contribution in [3.05, 3.63) is 106 Å². The topological polar surface area (TPSA) is 0 Å². The van der Waals surface area contributed by atoms with E-state index in [1.807, 2.05) is 0 Å². The summed E-state index contributed by atoms with van der Waals surface area (Å²) in [6.07, 6.45) is 0. The van der Waals surface area contributed by atoms with E-state index in [1.165, 1.54) is 33.4 Å². The van der Waals surface area contributed by atoms with Gasteiger partial charge in [0.05, 0.1) is 0 Å². The van der Waals surface area contributed by atoms with Crippen molar-refractivity contribution in [1.82, 2.24) is 0 Å². The fraction of sp³-hybridized carbons (Fsp3) is 0.250. The molecule has 0 saturated heterocycles. The van der Waals surface area contributed by atoms with Crippen molar-refractivity contribution in [2.45, 2.75) is 39.5 Å². The van der Waals surface area contributed by atoms with Crippen LogP contribution in [0, 0.1) is 13.8 Å². The molecule has 2 atom stereocenters. The third-order valence-electron chi connectivity index (χ3n) is 5.09. The van der Waals surface area contributed by atoms with Crippen molar-refractivity contribution in [2.75, 3.05) is 0 Å². The summed E-state index contributed by atoms with van der Waals surface area (Å²) < 4.78 is 0. The normalized spacial score (nSPS) is 13.5. The van der Waals surface area contributed by atoms with Crippen LogP contribution in [-0.4, -0.2) is 0 Å². The summed E-state index contributed by atoms with van der Waals surface area (Å²) in [4.78, 5) is 0. The van der Waals surface area contributed by atoms with E-state index < -0.39 is 0 Å². The van der Waals surface area contributed by atoms with Gasteiger partial charge < -0.3 is 0 Å². The molecule has 0 nitrogen and oxygen atoms in total. The highest BCUT2D eigenvalue weighted by Gasteiger charge is 2.11. The van der Waals surface area contributed by atoms with Crippen LogP contribution in [0.3, 0.4) is 0 Å².